The molecule has 3 rings (SSSR count). The van der Waals surface area contributed by atoms with Crippen molar-refractivity contribution >= 4 is 5.69 Å². The van der Waals surface area contributed by atoms with E-state index in [1.165, 1.54) is 40.9 Å². The molecule has 1 aliphatic heterocycles. The highest BCUT2D eigenvalue weighted by molar-refractivity contribution is 5.70. The Morgan fingerprint density at radius 2 is 1.73 bits per heavy atom. The van der Waals surface area contributed by atoms with Gasteiger partial charge >= 0.3 is 0 Å². The molecule has 0 fully saturated rings. The number of rotatable bonds is 7. The molecule has 0 N–H and O–H groups in total. The predicted molar refractivity (Wildman–Crippen MR) is 132 cm³/mol. The van der Waals surface area contributed by atoms with Crippen molar-refractivity contribution in [2.24, 2.45) is 0 Å². The smallest absolute Gasteiger partial charge is 0.0450 e. The molecule has 2 aromatic carbocycles. The highest BCUT2D eigenvalue weighted by atomic mass is 15.2. The molecule has 158 valence electrons. The SMILES string of the molecule is C=C(/C=C/C=C1/N(CCCC)c2ccccc2C1(C)C)C(C)(C)c1ccccc1C. The lowest BCUT2D eigenvalue weighted by atomic mass is 9.76. The summed E-state index contributed by atoms with van der Waals surface area (Å²) >= 11 is 0. The lowest BCUT2D eigenvalue weighted by molar-refractivity contribution is 0.624. The zero-order chi connectivity index (χ0) is 21.9. The third kappa shape index (κ3) is 4.03. The Labute approximate surface area is 183 Å². The van der Waals surface area contributed by atoms with Crippen molar-refractivity contribution in [3.63, 3.8) is 0 Å². The van der Waals surface area contributed by atoms with E-state index in [0.717, 1.165) is 12.1 Å². The van der Waals surface area contributed by atoms with E-state index in [9.17, 15) is 0 Å². The van der Waals surface area contributed by atoms with E-state index in [1.807, 2.05) is 0 Å². The zero-order valence-electron chi connectivity index (χ0n) is 19.6. The Morgan fingerprint density at radius 3 is 2.43 bits per heavy atom. The van der Waals surface area contributed by atoms with Crippen LogP contribution in [0.15, 0.2) is 84.6 Å². The number of aryl methyl sites for hydroxylation is 1. The highest BCUT2D eigenvalue weighted by Crippen LogP contribution is 2.47. The van der Waals surface area contributed by atoms with Gasteiger partial charge in [0.15, 0.2) is 0 Å². The van der Waals surface area contributed by atoms with Crippen molar-refractivity contribution in [1.82, 2.24) is 0 Å². The van der Waals surface area contributed by atoms with Crippen LogP contribution in [0.3, 0.4) is 0 Å². The zero-order valence-corrected chi connectivity index (χ0v) is 19.6. The molecule has 1 heterocycles. The van der Waals surface area contributed by atoms with Crippen LogP contribution in [-0.4, -0.2) is 6.54 Å². The summed E-state index contributed by atoms with van der Waals surface area (Å²) in [4.78, 5) is 2.51. The van der Waals surface area contributed by atoms with E-state index in [4.69, 9.17) is 0 Å². The first kappa shape index (κ1) is 22.2. The molecular weight excluding hydrogens is 362 g/mol. The van der Waals surface area contributed by atoms with Crippen molar-refractivity contribution in [1.29, 1.82) is 0 Å². The van der Waals surface area contributed by atoms with Crippen LogP contribution in [0.1, 0.15) is 64.2 Å². The van der Waals surface area contributed by atoms with Gasteiger partial charge in [-0.25, -0.2) is 0 Å². The van der Waals surface area contributed by atoms with Gasteiger partial charge in [0, 0.05) is 28.8 Å². The van der Waals surface area contributed by atoms with Crippen LogP contribution in [0.25, 0.3) is 0 Å². The molecule has 0 bridgehead atoms. The average Bonchev–Trinajstić information content (AvgIpc) is 2.93. The Kier molecular flexibility index (Phi) is 6.41. The topological polar surface area (TPSA) is 3.24 Å². The third-order valence-corrected chi connectivity index (χ3v) is 6.71. The number of benzene rings is 2. The highest BCUT2D eigenvalue weighted by Gasteiger charge is 2.39. The Hall–Kier alpha value is -2.54. The molecule has 2 aromatic rings. The van der Waals surface area contributed by atoms with Crippen LogP contribution in [0, 0.1) is 6.92 Å². The van der Waals surface area contributed by atoms with E-state index in [2.05, 4.69) is 120 Å². The summed E-state index contributed by atoms with van der Waals surface area (Å²) in [7, 11) is 0. The lowest BCUT2D eigenvalue weighted by Crippen LogP contribution is -2.27. The monoisotopic (exact) mass is 399 g/mol. The standard InChI is InChI=1S/C29H37N/c1-8-9-21-30-26-19-13-12-18-25(26)29(6,7)27(30)20-14-16-23(3)28(4,5)24-17-11-10-15-22(24)2/h10-20H,3,8-9,21H2,1-2,4-7H3/b16-14+,27-20+. The van der Waals surface area contributed by atoms with Gasteiger partial charge in [-0.1, -0.05) is 102 Å². The minimum atomic E-state index is -0.101. The van der Waals surface area contributed by atoms with Gasteiger partial charge < -0.3 is 4.90 Å². The fourth-order valence-electron chi connectivity index (χ4n) is 4.61. The summed E-state index contributed by atoms with van der Waals surface area (Å²) in [5.41, 5.74) is 7.82. The molecule has 0 saturated carbocycles. The van der Waals surface area contributed by atoms with Gasteiger partial charge in [0.25, 0.3) is 0 Å². The summed E-state index contributed by atoms with van der Waals surface area (Å²) < 4.78 is 0. The second kappa shape index (κ2) is 8.68. The molecule has 0 atom stereocenters. The van der Waals surface area contributed by atoms with Crippen LogP contribution in [0.2, 0.25) is 0 Å². The maximum absolute atomic E-state index is 4.42. The first-order valence-corrected chi connectivity index (χ1v) is 11.2. The van der Waals surface area contributed by atoms with Crippen molar-refractivity contribution in [2.45, 2.75) is 65.2 Å². The van der Waals surface area contributed by atoms with Crippen molar-refractivity contribution < 1.29 is 0 Å². The number of unbranched alkanes of at least 4 members (excludes halogenated alkanes) is 1. The van der Waals surface area contributed by atoms with Crippen molar-refractivity contribution in [3.05, 3.63) is 101 Å². The van der Waals surface area contributed by atoms with Gasteiger partial charge in [-0.2, -0.15) is 0 Å². The van der Waals surface area contributed by atoms with Gasteiger partial charge in [-0.15, -0.1) is 0 Å². The van der Waals surface area contributed by atoms with Crippen molar-refractivity contribution in [3.8, 4) is 0 Å². The lowest BCUT2D eigenvalue weighted by Gasteiger charge is -2.28. The maximum Gasteiger partial charge on any atom is 0.0450 e. The molecule has 0 saturated heterocycles. The number of allylic oxidation sites excluding steroid dienone is 5. The predicted octanol–water partition coefficient (Wildman–Crippen LogP) is 7.87. The molecule has 0 aliphatic carbocycles. The molecule has 0 radical (unpaired) electrons. The molecule has 0 amide bonds. The van der Waals surface area contributed by atoms with Gasteiger partial charge in [0.2, 0.25) is 0 Å². The largest absolute Gasteiger partial charge is 0.344 e. The molecule has 30 heavy (non-hydrogen) atoms. The molecule has 0 aromatic heterocycles. The van der Waals surface area contributed by atoms with Gasteiger partial charge in [0.1, 0.15) is 0 Å². The minimum Gasteiger partial charge on any atom is -0.344 e. The average molecular weight is 400 g/mol. The van der Waals surface area contributed by atoms with Crippen LogP contribution < -0.4 is 4.90 Å². The molecule has 0 unspecified atom stereocenters. The van der Waals surface area contributed by atoms with Crippen molar-refractivity contribution in [2.75, 3.05) is 11.4 Å². The quantitative estimate of drug-likeness (QED) is 0.428. The third-order valence-electron chi connectivity index (χ3n) is 6.71. The minimum absolute atomic E-state index is 0.00153. The van der Waals surface area contributed by atoms with Gasteiger partial charge in [-0.3, -0.25) is 0 Å². The number of fused-ring (bicyclic) bond motifs is 1. The molecule has 1 nitrogen and oxygen atoms in total. The Balaban J connectivity index is 1.90. The molecule has 0 spiro atoms. The van der Waals surface area contributed by atoms with E-state index in [0.29, 0.717) is 0 Å². The molecule has 1 heteroatoms. The Morgan fingerprint density at radius 1 is 1.07 bits per heavy atom. The second-order valence-electron chi connectivity index (χ2n) is 9.52. The summed E-state index contributed by atoms with van der Waals surface area (Å²) in [6.45, 7) is 19.1. The number of hydrogen-bond acceptors (Lipinski definition) is 1. The number of anilines is 1. The number of nitrogens with zero attached hydrogens (tertiary/aromatic N) is 1. The fraction of sp³-hybridized carbons (Fsp3) is 0.379. The molecular formula is C29H37N. The summed E-state index contributed by atoms with van der Waals surface area (Å²) in [6.07, 6.45) is 9.08. The normalized spacial score (nSPS) is 17.0. The van der Waals surface area contributed by atoms with E-state index >= 15 is 0 Å². The summed E-state index contributed by atoms with van der Waals surface area (Å²) in [5.74, 6) is 0. The van der Waals surface area contributed by atoms with Crippen LogP contribution in [-0.2, 0) is 10.8 Å². The van der Waals surface area contributed by atoms with Crippen LogP contribution in [0.4, 0.5) is 5.69 Å². The number of hydrogen-bond donors (Lipinski definition) is 0. The number of para-hydroxylation sites is 1. The summed E-state index contributed by atoms with van der Waals surface area (Å²) in [5, 5.41) is 0. The van der Waals surface area contributed by atoms with Gasteiger partial charge in [-0.05, 0) is 47.8 Å². The first-order valence-electron chi connectivity index (χ1n) is 11.2. The van der Waals surface area contributed by atoms with E-state index < -0.39 is 0 Å². The van der Waals surface area contributed by atoms with E-state index in [-0.39, 0.29) is 10.8 Å². The van der Waals surface area contributed by atoms with Gasteiger partial charge in [0.05, 0.1) is 0 Å². The first-order chi connectivity index (χ1) is 14.2. The fourth-order valence-corrected chi connectivity index (χ4v) is 4.61. The second-order valence-corrected chi connectivity index (χ2v) is 9.52. The maximum atomic E-state index is 4.42. The molecule has 1 aliphatic rings. The Bertz CT molecular complexity index is 971. The van der Waals surface area contributed by atoms with Crippen LogP contribution >= 0.6 is 0 Å². The van der Waals surface area contributed by atoms with Crippen LogP contribution in [0.5, 0.6) is 0 Å². The van der Waals surface area contributed by atoms with E-state index in [1.54, 1.807) is 0 Å². The summed E-state index contributed by atoms with van der Waals surface area (Å²) in [6, 6.07) is 17.5.